The number of fused-ring (bicyclic) bond motifs is 1. The first-order chi connectivity index (χ1) is 15.0. The monoisotopic (exact) mass is 434 g/mol. The molecule has 9 nitrogen and oxygen atoms in total. The van der Waals surface area contributed by atoms with Crippen LogP contribution in [-0.4, -0.2) is 44.5 Å². The SMILES string of the molecule is O=C1CCC(N2C(=O)c3ccc(Sc4nccc(-c5ccco5)n4)cc3C2=O)C(=O)N1. The fourth-order valence-electron chi connectivity index (χ4n) is 3.57. The molecule has 1 fully saturated rings. The lowest BCUT2D eigenvalue weighted by atomic mass is 10.0. The molecule has 1 saturated heterocycles. The van der Waals surface area contributed by atoms with Crippen LogP contribution < -0.4 is 5.32 Å². The summed E-state index contributed by atoms with van der Waals surface area (Å²) in [6.07, 6.45) is 3.36. The lowest BCUT2D eigenvalue weighted by Gasteiger charge is -2.27. The zero-order valence-electron chi connectivity index (χ0n) is 15.9. The van der Waals surface area contributed by atoms with Crippen LogP contribution in [0, 0.1) is 0 Å². The second-order valence-corrected chi connectivity index (χ2v) is 8.00. The Balaban J connectivity index is 1.40. The summed E-state index contributed by atoms with van der Waals surface area (Å²) < 4.78 is 5.35. The minimum atomic E-state index is -0.991. The van der Waals surface area contributed by atoms with Gasteiger partial charge in [0, 0.05) is 17.5 Å². The Kier molecular flexibility index (Phi) is 4.63. The Morgan fingerprint density at radius 3 is 2.68 bits per heavy atom. The average molecular weight is 434 g/mol. The van der Waals surface area contributed by atoms with Gasteiger partial charge in [0.1, 0.15) is 11.7 Å². The molecule has 1 unspecified atom stereocenters. The van der Waals surface area contributed by atoms with E-state index in [0.717, 1.165) is 4.90 Å². The molecular weight excluding hydrogens is 420 g/mol. The maximum atomic E-state index is 12.9. The summed E-state index contributed by atoms with van der Waals surface area (Å²) in [6, 6.07) is 9.14. The molecule has 4 amide bonds. The van der Waals surface area contributed by atoms with Gasteiger partial charge in [0.25, 0.3) is 11.8 Å². The molecule has 31 heavy (non-hydrogen) atoms. The number of imide groups is 2. The van der Waals surface area contributed by atoms with Crippen LogP contribution in [0.4, 0.5) is 0 Å². The number of nitrogens with zero attached hydrogens (tertiary/aromatic N) is 3. The number of furan rings is 1. The minimum absolute atomic E-state index is 0.0776. The number of benzene rings is 1. The summed E-state index contributed by atoms with van der Waals surface area (Å²) in [5.41, 5.74) is 1.06. The van der Waals surface area contributed by atoms with Gasteiger partial charge in [-0.2, -0.15) is 0 Å². The van der Waals surface area contributed by atoms with Crippen molar-refractivity contribution < 1.29 is 23.6 Å². The van der Waals surface area contributed by atoms with Crippen LogP contribution in [-0.2, 0) is 9.59 Å². The fourth-order valence-corrected chi connectivity index (χ4v) is 4.35. The Hall–Kier alpha value is -3.79. The molecule has 1 aromatic carbocycles. The number of piperidine rings is 1. The molecule has 154 valence electrons. The lowest BCUT2D eigenvalue weighted by Crippen LogP contribution is -2.54. The van der Waals surface area contributed by atoms with E-state index in [1.807, 2.05) is 0 Å². The topological polar surface area (TPSA) is 122 Å². The zero-order chi connectivity index (χ0) is 21.5. The number of hydrogen-bond donors (Lipinski definition) is 1. The third-order valence-corrected chi connectivity index (χ3v) is 5.90. The third kappa shape index (κ3) is 3.40. The highest BCUT2D eigenvalue weighted by molar-refractivity contribution is 7.99. The molecule has 2 aliphatic heterocycles. The van der Waals surface area contributed by atoms with E-state index in [2.05, 4.69) is 15.3 Å². The van der Waals surface area contributed by atoms with Gasteiger partial charge in [0.2, 0.25) is 11.8 Å². The average Bonchev–Trinajstić information content (AvgIpc) is 3.37. The van der Waals surface area contributed by atoms with Crippen molar-refractivity contribution in [1.82, 2.24) is 20.2 Å². The summed E-state index contributed by atoms with van der Waals surface area (Å²) in [4.78, 5) is 59.6. The molecule has 0 saturated carbocycles. The fraction of sp³-hybridized carbons (Fsp3) is 0.143. The first kappa shape index (κ1) is 19.2. The number of hydrogen-bond acceptors (Lipinski definition) is 8. The van der Waals surface area contributed by atoms with Crippen molar-refractivity contribution in [2.75, 3.05) is 0 Å². The van der Waals surface area contributed by atoms with E-state index < -0.39 is 29.7 Å². The maximum Gasteiger partial charge on any atom is 0.262 e. The summed E-state index contributed by atoms with van der Waals surface area (Å²) in [7, 11) is 0. The van der Waals surface area contributed by atoms with Gasteiger partial charge in [0.15, 0.2) is 10.9 Å². The van der Waals surface area contributed by atoms with Crippen LogP contribution in [0.3, 0.4) is 0 Å². The molecule has 2 aromatic heterocycles. The maximum absolute atomic E-state index is 12.9. The largest absolute Gasteiger partial charge is 0.463 e. The standard InChI is InChI=1S/C21H14N4O5S/c26-17-6-5-15(18(27)24-17)25-19(28)12-4-3-11(10-13(12)20(25)29)31-21-22-8-7-14(23-21)16-2-1-9-30-16/h1-4,7-10,15H,5-6H2,(H,24,26,27). The van der Waals surface area contributed by atoms with Crippen LogP contribution >= 0.6 is 11.8 Å². The summed E-state index contributed by atoms with van der Waals surface area (Å²) in [5.74, 6) is -1.53. The van der Waals surface area contributed by atoms with Gasteiger partial charge in [0.05, 0.1) is 17.4 Å². The van der Waals surface area contributed by atoms with Crippen LogP contribution in [0.15, 0.2) is 63.3 Å². The van der Waals surface area contributed by atoms with Crippen LogP contribution in [0.1, 0.15) is 33.6 Å². The van der Waals surface area contributed by atoms with E-state index in [4.69, 9.17) is 4.42 Å². The molecule has 2 aliphatic rings. The highest BCUT2D eigenvalue weighted by Gasteiger charge is 2.44. The van der Waals surface area contributed by atoms with Crippen molar-refractivity contribution in [1.29, 1.82) is 0 Å². The zero-order valence-corrected chi connectivity index (χ0v) is 16.7. The van der Waals surface area contributed by atoms with Gasteiger partial charge in [-0.1, -0.05) is 0 Å². The molecule has 1 atom stereocenters. The van der Waals surface area contributed by atoms with E-state index in [0.29, 0.717) is 21.5 Å². The lowest BCUT2D eigenvalue weighted by molar-refractivity contribution is -0.136. The van der Waals surface area contributed by atoms with Gasteiger partial charge in [-0.3, -0.25) is 29.4 Å². The quantitative estimate of drug-likeness (QED) is 0.490. The number of carbonyl (C=O) groups excluding carboxylic acids is 4. The molecule has 0 aliphatic carbocycles. The molecule has 4 heterocycles. The first-order valence-corrected chi connectivity index (χ1v) is 10.2. The number of nitrogens with one attached hydrogen (secondary N) is 1. The molecule has 0 bridgehead atoms. The predicted molar refractivity (Wildman–Crippen MR) is 107 cm³/mol. The minimum Gasteiger partial charge on any atom is -0.463 e. The predicted octanol–water partition coefficient (Wildman–Crippen LogP) is 2.29. The van der Waals surface area contributed by atoms with Crippen molar-refractivity contribution in [3.8, 4) is 11.5 Å². The van der Waals surface area contributed by atoms with E-state index >= 15 is 0 Å². The van der Waals surface area contributed by atoms with Gasteiger partial charge in [-0.25, -0.2) is 9.97 Å². The third-order valence-electron chi connectivity index (χ3n) is 5.03. The Labute approximate surface area is 179 Å². The van der Waals surface area contributed by atoms with Crippen LogP contribution in [0.2, 0.25) is 0 Å². The van der Waals surface area contributed by atoms with E-state index in [-0.39, 0.29) is 24.0 Å². The number of carbonyl (C=O) groups is 4. The van der Waals surface area contributed by atoms with Crippen molar-refractivity contribution in [2.24, 2.45) is 0 Å². The molecule has 10 heteroatoms. The Morgan fingerprint density at radius 1 is 1.06 bits per heavy atom. The summed E-state index contributed by atoms with van der Waals surface area (Å²) in [5, 5.41) is 2.63. The van der Waals surface area contributed by atoms with E-state index in [1.54, 1.807) is 48.9 Å². The number of aromatic nitrogens is 2. The van der Waals surface area contributed by atoms with Crippen LogP contribution in [0.5, 0.6) is 0 Å². The smallest absolute Gasteiger partial charge is 0.262 e. The highest BCUT2D eigenvalue weighted by Crippen LogP contribution is 2.33. The molecular formula is C21H14N4O5S. The van der Waals surface area contributed by atoms with Crippen LogP contribution in [0.25, 0.3) is 11.5 Å². The van der Waals surface area contributed by atoms with Crippen molar-refractivity contribution in [3.63, 3.8) is 0 Å². The van der Waals surface area contributed by atoms with Crippen molar-refractivity contribution in [2.45, 2.75) is 28.9 Å². The number of rotatable bonds is 4. The first-order valence-electron chi connectivity index (χ1n) is 9.41. The van der Waals surface area contributed by atoms with E-state index in [1.165, 1.54) is 11.8 Å². The summed E-state index contributed by atoms with van der Waals surface area (Å²) in [6.45, 7) is 0. The molecule has 5 rings (SSSR count). The molecule has 0 radical (unpaired) electrons. The molecule has 1 N–H and O–H groups in total. The highest BCUT2D eigenvalue weighted by atomic mass is 32.2. The van der Waals surface area contributed by atoms with Crippen molar-refractivity contribution >= 4 is 35.4 Å². The van der Waals surface area contributed by atoms with Crippen molar-refractivity contribution in [3.05, 3.63) is 60.0 Å². The normalized spacial score (nSPS) is 18.3. The molecule has 0 spiro atoms. The Morgan fingerprint density at radius 2 is 1.90 bits per heavy atom. The van der Waals surface area contributed by atoms with Gasteiger partial charge in [-0.05, 0) is 54.6 Å². The second kappa shape index (κ2) is 7.47. The molecule has 3 aromatic rings. The second-order valence-electron chi connectivity index (χ2n) is 6.96. The van der Waals surface area contributed by atoms with Gasteiger partial charge >= 0.3 is 0 Å². The van der Waals surface area contributed by atoms with Gasteiger partial charge < -0.3 is 4.42 Å². The van der Waals surface area contributed by atoms with E-state index in [9.17, 15) is 19.2 Å². The Bertz CT molecular complexity index is 1240. The number of amides is 4. The summed E-state index contributed by atoms with van der Waals surface area (Å²) >= 11 is 1.24. The van der Waals surface area contributed by atoms with Gasteiger partial charge in [-0.15, -0.1) is 0 Å².